The average Bonchev–Trinajstić information content (AvgIpc) is 3.30. The maximum Gasteiger partial charge on any atom is 0.227 e. The van der Waals surface area contributed by atoms with Gasteiger partial charge < -0.3 is 4.90 Å². The van der Waals surface area contributed by atoms with Crippen LogP contribution in [0.5, 0.6) is 0 Å². The van der Waals surface area contributed by atoms with Crippen LogP contribution in [0.15, 0.2) is 54.7 Å². The summed E-state index contributed by atoms with van der Waals surface area (Å²) in [4.78, 5) is 18.6. The van der Waals surface area contributed by atoms with Crippen LogP contribution in [0.3, 0.4) is 0 Å². The molecule has 1 saturated carbocycles. The summed E-state index contributed by atoms with van der Waals surface area (Å²) in [5, 5.41) is 15.1. The molecular formula is C34H39Cl2N7O. The van der Waals surface area contributed by atoms with Crippen molar-refractivity contribution in [2.75, 3.05) is 19.6 Å². The quantitative estimate of drug-likeness (QED) is 0.218. The Morgan fingerprint density at radius 1 is 1.00 bits per heavy atom. The third kappa shape index (κ3) is 6.04. The van der Waals surface area contributed by atoms with E-state index in [2.05, 4.69) is 56.6 Å². The molecule has 1 aliphatic carbocycles. The van der Waals surface area contributed by atoms with Crippen molar-refractivity contribution in [1.82, 2.24) is 34.6 Å². The van der Waals surface area contributed by atoms with Gasteiger partial charge in [-0.15, -0.1) is 5.10 Å². The molecule has 0 spiro atoms. The Balaban J connectivity index is 1.04. The predicted molar refractivity (Wildman–Crippen MR) is 172 cm³/mol. The number of benzene rings is 2. The van der Waals surface area contributed by atoms with E-state index in [0.29, 0.717) is 40.8 Å². The number of aromatic nitrogens is 5. The molecule has 4 aromatic rings. The molecule has 44 heavy (non-hydrogen) atoms. The number of nitrogens with zero attached hydrogens (tertiary/aromatic N) is 7. The highest BCUT2D eigenvalue weighted by Gasteiger charge is 2.45. The van der Waals surface area contributed by atoms with Gasteiger partial charge in [0, 0.05) is 48.0 Å². The number of aryl methyl sites for hydroxylation is 1. The first-order chi connectivity index (χ1) is 21.3. The number of likely N-dealkylation sites (tertiary alicyclic amines) is 2. The van der Waals surface area contributed by atoms with Gasteiger partial charge in [-0.05, 0) is 81.7 Å². The van der Waals surface area contributed by atoms with Gasteiger partial charge in [-0.25, -0.2) is 4.68 Å². The van der Waals surface area contributed by atoms with Crippen LogP contribution in [0.4, 0.5) is 0 Å². The fourth-order valence-corrected chi connectivity index (χ4v) is 7.90. The topological polar surface area (TPSA) is 72.1 Å². The van der Waals surface area contributed by atoms with Gasteiger partial charge in [-0.3, -0.25) is 14.4 Å². The van der Waals surface area contributed by atoms with Crippen molar-refractivity contribution in [3.05, 3.63) is 93.0 Å². The summed E-state index contributed by atoms with van der Waals surface area (Å²) in [7, 11) is 0. The van der Waals surface area contributed by atoms with Crippen molar-refractivity contribution in [2.45, 2.75) is 71.0 Å². The number of carbonyl (C=O) groups is 1. The van der Waals surface area contributed by atoms with Crippen molar-refractivity contribution < 1.29 is 4.79 Å². The molecule has 8 nitrogen and oxygen atoms in total. The molecule has 3 atom stereocenters. The van der Waals surface area contributed by atoms with E-state index in [1.54, 1.807) is 12.1 Å². The summed E-state index contributed by atoms with van der Waals surface area (Å²) in [6, 6.07) is 16.2. The van der Waals surface area contributed by atoms with Crippen LogP contribution in [0.25, 0.3) is 5.69 Å². The smallest absolute Gasteiger partial charge is 0.227 e. The minimum atomic E-state index is 0.129. The zero-order chi connectivity index (χ0) is 30.4. The van der Waals surface area contributed by atoms with E-state index in [4.69, 9.17) is 28.3 Å². The fraction of sp³-hybridized carbons (Fsp3) is 0.471. The monoisotopic (exact) mass is 631 g/mol. The SMILES string of the molecule is Cc1nn(-c2ccc(Cl)cc2Cl)c(C)c1CC(=O)N1CCC(C2CC2)C1Cn1cc(C2CCN(Cc3ccccc3)C2)nn1. The van der Waals surface area contributed by atoms with Gasteiger partial charge in [0.2, 0.25) is 5.91 Å². The lowest BCUT2D eigenvalue weighted by Crippen LogP contribution is -2.42. The lowest BCUT2D eigenvalue weighted by Gasteiger charge is -2.28. The Morgan fingerprint density at radius 3 is 2.59 bits per heavy atom. The van der Waals surface area contributed by atoms with Gasteiger partial charge in [0.1, 0.15) is 0 Å². The summed E-state index contributed by atoms with van der Waals surface area (Å²) in [5.74, 6) is 1.76. The molecule has 0 radical (unpaired) electrons. The standard InChI is InChI=1S/C34H39Cl2N7O/c1-22-29(23(2)43(38-22)32-11-10-27(35)16-30(32)36)17-34(44)42-15-13-28(25-8-9-25)33(42)21-41-20-31(37-39-41)26-12-14-40(19-26)18-24-6-4-3-5-7-24/h3-7,10-11,16,20,25-26,28,33H,8-9,12-15,17-19,21H2,1-2H3. The molecule has 1 amide bonds. The van der Waals surface area contributed by atoms with E-state index in [1.165, 1.54) is 18.4 Å². The first-order valence-electron chi connectivity index (χ1n) is 15.8. The Labute approximate surface area is 268 Å². The van der Waals surface area contributed by atoms with Gasteiger partial charge in [0.15, 0.2) is 0 Å². The molecule has 2 saturated heterocycles. The molecule has 230 valence electrons. The molecule has 3 unspecified atom stereocenters. The molecular weight excluding hydrogens is 593 g/mol. The minimum Gasteiger partial charge on any atom is -0.337 e. The van der Waals surface area contributed by atoms with Crippen LogP contribution < -0.4 is 0 Å². The van der Waals surface area contributed by atoms with Gasteiger partial charge in [0.25, 0.3) is 0 Å². The molecule has 2 aromatic heterocycles. The normalized spacial score (nSPS) is 22.3. The lowest BCUT2D eigenvalue weighted by molar-refractivity contribution is -0.132. The van der Waals surface area contributed by atoms with Gasteiger partial charge in [0.05, 0.1) is 41.1 Å². The van der Waals surface area contributed by atoms with Crippen LogP contribution in [0, 0.1) is 25.7 Å². The largest absolute Gasteiger partial charge is 0.337 e. The maximum absolute atomic E-state index is 14.0. The molecule has 3 aliphatic rings. The van der Waals surface area contributed by atoms with Crippen LogP contribution >= 0.6 is 23.2 Å². The van der Waals surface area contributed by atoms with Crippen molar-refractivity contribution in [1.29, 1.82) is 0 Å². The average molecular weight is 633 g/mol. The molecule has 0 N–H and O–H groups in total. The minimum absolute atomic E-state index is 0.129. The van der Waals surface area contributed by atoms with Gasteiger partial charge in [-0.1, -0.05) is 58.7 Å². The highest BCUT2D eigenvalue weighted by molar-refractivity contribution is 6.35. The summed E-state index contributed by atoms with van der Waals surface area (Å²) in [6.45, 7) is 8.49. The zero-order valence-electron chi connectivity index (χ0n) is 25.4. The fourth-order valence-electron chi connectivity index (χ4n) is 7.41. The van der Waals surface area contributed by atoms with Crippen molar-refractivity contribution in [3.8, 4) is 5.69 Å². The highest BCUT2D eigenvalue weighted by Crippen LogP contribution is 2.45. The maximum atomic E-state index is 14.0. The number of halogens is 2. The van der Waals surface area contributed by atoms with E-state index >= 15 is 0 Å². The predicted octanol–water partition coefficient (Wildman–Crippen LogP) is 6.25. The van der Waals surface area contributed by atoms with Crippen molar-refractivity contribution >= 4 is 29.1 Å². The van der Waals surface area contributed by atoms with E-state index in [0.717, 1.165) is 67.4 Å². The number of hydrogen-bond acceptors (Lipinski definition) is 5. The molecule has 3 fully saturated rings. The molecule has 2 aromatic carbocycles. The zero-order valence-corrected chi connectivity index (χ0v) is 26.9. The van der Waals surface area contributed by atoms with E-state index in [-0.39, 0.29) is 11.9 Å². The first-order valence-corrected chi connectivity index (χ1v) is 16.6. The Bertz CT molecular complexity index is 1650. The van der Waals surface area contributed by atoms with Crippen LogP contribution in [-0.2, 0) is 24.3 Å². The second-order valence-electron chi connectivity index (χ2n) is 12.8. The lowest BCUT2D eigenvalue weighted by atomic mass is 9.94. The molecule has 7 rings (SSSR count). The molecule has 10 heteroatoms. The second-order valence-corrected chi connectivity index (χ2v) is 13.7. The van der Waals surface area contributed by atoms with E-state index in [9.17, 15) is 4.79 Å². The second kappa shape index (κ2) is 12.3. The Morgan fingerprint density at radius 2 is 1.82 bits per heavy atom. The third-order valence-corrected chi connectivity index (χ3v) is 10.5. The van der Waals surface area contributed by atoms with Gasteiger partial charge >= 0.3 is 0 Å². The summed E-state index contributed by atoms with van der Waals surface area (Å²) >= 11 is 12.6. The Kier molecular flexibility index (Phi) is 8.25. The first kappa shape index (κ1) is 29.5. The van der Waals surface area contributed by atoms with Crippen molar-refractivity contribution in [3.63, 3.8) is 0 Å². The number of carbonyl (C=O) groups excluding carboxylic acids is 1. The molecule has 0 bridgehead atoms. The van der Waals surface area contributed by atoms with E-state index < -0.39 is 0 Å². The van der Waals surface area contributed by atoms with Crippen LogP contribution in [0.2, 0.25) is 10.0 Å². The summed E-state index contributed by atoms with van der Waals surface area (Å²) < 4.78 is 3.82. The van der Waals surface area contributed by atoms with Gasteiger partial charge in [-0.2, -0.15) is 5.10 Å². The van der Waals surface area contributed by atoms with Crippen LogP contribution in [0.1, 0.15) is 59.8 Å². The summed E-state index contributed by atoms with van der Waals surface area (Å²) in [6.07, 6.45) is 7.12. The van der Waals surface area contributed by atoms with Crippen LogP contribution in [-0.4, -0.2) is 66.2 Å². The molecule has 4 heterocycles. The van der Waals surface area contributed by atoms with Crippen molar-refractivity contribution in [2.24, 2.45) is 11.8 Å². The molecule has 2 aliphatic heterocycles. The number of hydrogen-bond donors (Lipinski definition) is 0. The number of rotatable bonds is 9. The summed E-state index contributed by atoms with van der Waals surface area (Å²) in [5.41, 5.74) is 5.90. The third-order valence-electron chi connectivity index (χ3n) is 9.92. The highest BCUT2D eigenvalue weighted by atomic mass is 35.5. The van der Waals surface area contributed by atoms with E-state index in [1.807, 2.05) is 29.3 Å². The number of amides is 1. The Hall–Kier alpha value is -3.20.